The van der Waals surface area contributed by atoms with Crippen molar-refractivity contribution in [2.75, 3.05) is 6.61 Å². The number of nitrogens with one attached hydrogen (secondary N) is 2. The van der Waals surface area contributed by atoms with Crippen molar-refractivity contribution in [2.24, 2.45) is 0 Å². The summed E-state index contributed by atoms with van der Waals surface area (Å²) in [6.07, 6.45) is 1.55. The van der Waals surface area contributed by atoms with Gasteiger partial charge in [-0.3, -0.25) is 0 Å². The summed E-state index contributed by atoms with van der Waals surface area (Å²) in [5.41, 5.74) is 2.17. The van der Waals surface area contributed by atoms with E-state index in [1.807, 2.05) is 30.5 Å². The Bertz CT molecular complexity index is 518. The minimum atomic E-state index is -0.340. The number of carbonyl (C=O) groups excluding carboxylic acids is 1. The number of aromatic amines is 1. The summed E-state index contributed by atoms with van der Waals surface area (Å²) >= 11 is 0. The van der Waals surface area contributed by atoms with Gasteiger partial charge in [-0.05, 0) is 17.7 Å². The summed E-state index contributed by atoms with van der Waals surface area (Å²) in [7, 11) is 0. The lowest BCUT2D eigenvalue weighted by molar-refractivity contribution is 0.177. The standard InChI is InChI=1S/C11H10N2O2/c14-11-13-10(6-15-11)7-2-1-3-9-8(7)4-5-12-9/h1-5,10,12H,6H2,(H,13,14). The summed E-state index contributed by atoms with van der Waals surface area (Å²) in [6, 6.07) is 7.97. The number of H-pyrrole nitrogens is 1. The third kappa shape index (κ3) is 1.26. The second-order valence-electron chi connectivity index (χ2n) is 3.58. The van der Waals surface area contributed by atoms with Crippen LogP contribution in [0.15, 0.2) is 30.5 Å². The van der Waals surface area contributed by atoms with Crippen molar-refractivity contribution < 1.29 is 9.53 Å². The first-order chi connectivity index (χ1) is 7.34. The molecule has 1 unspecified atom stereocenters. The summed E-state index contributed by atoms with van der Waals surface area (Å²) < 4.78 is 4.89. The molecule has 0 aliphatic carbocycles. The van der Waals surface area contributed by atoms with E-state index in [1.165, 1.54) is 0 Å². The Hall–Kier alpha value is -1.97. The molecule has 1 aliphatic heterocycles. The molecule has 4 nitrogen and oxygen atoms in total. The highest BCUT2D eigenvalue weighted by atomic mass is 16.6. The molecule has 1 aromatic heterocycles. The molecule has 1 amide bonds. The van der Waals surface area contributed by atoms with Crippen molar-refractivity contribution in [1.29, 1.82) is 0 Å². The summed E-state index contributed by atoms with van der Waals surface area (Å²) in [5.74, 6) is 0. The number of rotatable bonds is 1. The highest BCUT2D eigenvalue weighted by Crippen LogP contribution is 2.25. The van der Waals surface area contributed by atoms with E-state index in [0.717, 1.165) is 16.5 Å². The fourth-order valence-electron chi connectivity index (χ4n) is 1.97. The average Bonchev–Trinajstić information content (AvgIpc) is 2.84. The second kappa shape index (κ2) is 3.02. The van der Waals surface area contributed by atoms with E-state index in [9.17, 15) is 4.79 Å². The van der Waals surface area contributed by atoms with Crippen molar-refractivity contribution in [2.45, 2.75) is 6.04 Å². The van der Waals surface area contributed by atoms with Crippen LogP contribution in [0.25, 0.3) is 10.9 Å². The van der Waals surface area contributed by atoms with Gasteiger partial charge in [0.1, 0.15) is 6.61 Å². The Balaban J connectivity index is 2.10. The van der Waals surface area contributed by atoms with Crippen LogP contribution < -0.4 is 5.32 Å². The molecule has 1 aliphatic rings. The molecule has 4 heteroatoms. The Labute approximate surface area is 86.2 Å². The van der Waals surface area contributed by atoms with Gasteiger partial charge in [0.25, 0.3) is 0 Å². The van der Waals surface area contributed by atoms with E-state index in [4.69, 9.17) is 4.74 Å². The number of fused-ring (bicyclic) bond motifs is 1. The molecule has 2 heterocycles. The van der Waals surface area contributed by atoms with Gasteiger partial charge >= 0.3 is 6.09 Å². The van der Waals surface area contributed by atoms with Gasteiger partial charge < -0.3 is 15.0 Å². The summed E-state index contributed by atoms with van der Waals surface area (Å²) in [5, 5.41) is 3.91. The van der Waals surface area contributed by atoms with Crippen LogP contribution in [0.2, 0.25) is 0 Å². The average molecular weight is 202 g/mol. The van der Waals surface area contributed by atoms with Gasteiger partial charge in [-0.15, -0.1) is 0 Å². The van der Waals surface area contributed by atoms with Gasteiger partial charge in [-0.1, -0.05) is 12.1 Å². The zero-order valence-corrected chi connectivity index (χ0v) is 7.99. The third-order valence-electron chi connectivity index (χ3n) is 2.68. The van der Waals surface area contributed by atoms with Crippen molar-refractivity contribution >= 4 is 17.0 Å². The molecular formula is C11H10N2O2. The Kier molecular flexibility index (Phi) is 1.68. The van der Waals surface area contributed by atoms with Gasteiger partial charge in [0, 0.05) is 17.1 Å². The normalized spacial score (nSPS) is 20.3. The first kappa shape index (κ1) is 8.35. The molecule has 0 spiro atoms. The highest BCUT2D eigenvalue weighted by Gasteiger charge is 2.24. The largest absolute Gasteiger partial charge is 0.447 e. The molecule has 76 valence electrons. The predicted molar refractivity (Wildman–Crippen MR) is 55.5 cm³/mol. The molecule has 1 atom stereocenters. The van der Waals surface area contributed by atoms with E-state index in [-0.39, 0.29) is 12.1 Å². The Morgan fingerprint density at radius 3 is 3.07 bits per heavy atom. The first-order valence-electron chi connectivity index (χ1n) is 4.84. The maximum absolute atomic E-state index is 11.0. The lowest BCUT2D eigenvalue weighted by Gasteiger charge is -2.08. The number of carbonyl (C=O) groups is 1. The molecule has 1 aromatic carbocycles. The van der Waals surface area contributed by atoms with Crippen molar-refractivity contribution in [3.63, 3.8) is 0 Å². The smallest absolute Gasteiger partial charge is 0.407 e. The van der Waals surface area contributed by atoms with Gasteiger partial charge in [-0.25, -0.2) is 4.79 Å². The molecule has 2 aromatic rings. The van der Waals surface area contributed by atoms with Gasteiger partial charge in [-0.2, -0.15) is 0 Å². The molecule has 0 bridgehead atoms. The molecule has 1 fully saturated rings. The number of aromatic nitrogens is 1. The lowest BCUT2D eigenvalue weighted by atomic mass is 10.0. The monoisotopic (exact) mass is 202 g/mol. The zero-order valence-electron chi connectivity index (χ0n) is 7.99. The van der Waals surface area contributed by atoms with Gasteiger partial charge in [0.2, 0.25) is 0 Å². The molecular weight excluding hydrogens is 192 g/mol. The number of benzene rings is 1. The molecule has 0 saturated carbocycles. The Morgan fingerprint density at radius 1 is 1.33 bits per heavy atom. The number of alkyl carbamates (subject to hydrolysis) is 1. The van der Waals surface area contributed by atoms with Gasteiger partial charge in [0.05, 0.1) is 6.04 Å². The number of amides is 1. The minimum Gasteiger partial charge on any atom is -0.447 e. The van der Waals surface area contributed by atoms with Crippen molar-refractivity contribution in [3.8, 4) is 0 Å². The van der Waals surface area contributed by atoms with Crippen LogP contribution in [-0.4, -0.2) is 17.7 Å². The van der Waals surface area contributed by atoms with Crippen LogP contribution in [0.4, 0.5) is 4.79 Å². The number of hydrogen-bond donors (Lipinski definition) is 2. The van der Waals surface area contributed by atoms with Crippen LogP contribution in [-0.2, 0) is 4.74 Å². The molecule has 2 N–H and O–H groups in total. The van der Waals surface area contributed by atoms with E-state index < -0.39 is 0 Å². The lowest BCUT2D eigenvalue weighted by Crippen LogP contribution is -2.18. The van der Waals surface area contributed by atoms with E-state index in [2.05, 4.69) is 10.3 Å². The van der Waals surface area contributed by atoms with E-state index in [0.29, 0.717) is 6.61 Å². The fourth-order valence-corrected chi connectivity index (χ4v) is 1.97. The predicted octanol–water partition coefficient (Wildman–Crippen LogP) is 1.95. The first-order valence-corrected chi connectivity index (χ1v) is 4.84. The van der Waals surface area contributed by atoms with Crippen LogP contribution in [0.1, 0.15) is 11.6 Å². The SMILES string of the molecule is O=C1NC(c2cccc3[nH]ccc23)CO1. The minimum absolute atomic E-state index is 0.0306. The summed E-state index contributed by atoms with van der Waals surface area (Å²) in [4.78, 5) is 14.1. The molecule has 15 heavy (non-hydrogen) atoms. The summed E-state index contributed by atoms with van der Waals surface area (Å²) in [6.45, 7) is 0.406. The maximum Gasteiger partial charge on any atom is 0.407 e. The van der Waals surface area contributed by atoms with Crippen LogP contribution >= 0.6 is 0 Å². The zero-order chi connectivity index (χ0) is 10.3. The van der Waals surface area contributed by atoms with E-state index in [1.54, 1.807) is 0 Å². The second-order valence-corrected chi connectivity index (χ2v) is 3.58. The fraction of sp³-hybridized carbons (Fsp3) is 0.182. The Morgan fingerprint density at radius 2 is 2.27 bits per heavy atom. The number of cyclic esters (lactones) is 1. The molecule has 3 rings (SSSR count). The van der Waals surface area contributed by atoms with Crippen LogP contribution in [0.5, 0.6) is 0 Å². The molecule has 1 saturated heterocycles. The number of hydrogen-bond acceptors (Lipinski definition) is 2. The highest BCUT2D eigenvalue weighted by molar-refractivity contribution is 5.84. The van der Waals surface area contributed by atoms with Crippen molar-refractivity contribution in [1.82, 2.24) is 10.3 Å². The topological polar surface area (TPSA) is 54.1 Å². The molecule has 0 radical (unpaired) electrons. The van der Waals surface area contributed by atoms with Crippen LogP contribution in [0, 0.1) is 0 Å². The maximum atomic E-state index is 11.0. The third-order valence-corrected chi connectivity index (χ3v) is 2.68. The van der Waals surface area contributed by atoms with E-state index >= 15 is 0 Å². The van der Waals surface area contributed by atoms with Crippen molar-refractivity contribution in [3.05, 3.63) is 36.0 Å². The quantitative estimate of drug-likeness (QED) is 0.742. The van der Waals surface area contributed by atoms with Gasteiger partial charge in [0.15, 0.2) is 0 Å². The van der Waals surface area contributed by atoms with Crippen LogP contribution in [0.3, 0.4) is 0 Å². The number of ether oxygens (including phenoxy) is 1.